The summed E-state index contributed by atoms with van der Waals surface area (Å²) in [7, 11) is 0. The lowest BCUT2D eigenvalue weighted by Gasteiger charge is -2.56. The minimum Gasteiger partial charge on any atom is -0.329 e. The fourth-order valence-electron chi connectivity index (χ4n) is 3.05. The molecule has 1 saturated carbocycles. The highest BCUT2D eigenvalue weighted by Crippen LogP contribution is 2.52. The van der Waals surface area contributed by atoms with E-state index in [0.29, 0.717) is 12.5 Å². The Hall–Kier alpha value is -0.450. The molecule has 0 spiro atoms. The van der Waals surface area contributed by atoms with Crippen molar-refractivity contribution in [3.8, 4) is 0 Å². The summed E-state index contributed by atoms with van der Waals surface area (Å²) in [5.41, 5.74) is 11.8. The minimum absolute atomic E-state index is 0.0336. The van der Waals surface area contributed by atoms with Gasteiger partial charge in [0.25, 0.3) is 6.29 Å². The molecular formula is C12H26N3O+. The molecule has 1 aliphatic carbocycles. The Morgan fingerprint density at radius 3 is 2.56 bits per heavy atom. The normalized spacial score (nSPS) is 35.5. The van der Waals surface area contributed by atoms with Crippen LogP contribution in [0, 0.1) is 11.3 Å². The molecule has 0 heterocycles. The molecule has 4 nitrogen and oxygen atoms in total. The highest BCUT2D eigenvalue weighted by molar-refractivity contribution is 5.51. The summed E-state index contributed by atoms with van der Waals surface area (Å²) in [5.74, 6) is 0.458. The average Bonchev–Trinajstić information content (AvgIpc) is 2.15. The van der Waals surface area contributed by atoms with E-state index < -0.39 is 0 Å². The van der Waals surface area contributed by atoms with Gasteiger partial charge in [0.2, 0.25) is 0 Å². The first kappa shape index (κ1) is 13.6. The van der Waals surface area contributed by atoms with Gasteiger partial charge in [-0.3, -0.25) is 4.79 Å². The second kappa shape index (κ2) is 5.25. The van der Waals surface area contributed by atoms with Crippen LogP contribution in [0.3, 0.4) is 0 Å². The summed E-state index contributed by atoms with van der Waals surface area (Å²) in [5, 5.41) is 3.38. The summed E-state index contributed by atoms with van der Waals surface area (Å²) in [4.78, 5) is 8.92. The molecule has 0 saturated heterocycles. The van der Waals surface area contributed by atoms with Gasteiger partial charge in [0.15, 0.2) is 0 Å². The third-order valence-corrected chi connectivity index (χ3v) is 3.81. The summed E-state index contributed by atoms with van der Waals surface area (Å²) in [6.45, 7) is 6.75. The topological polar surface area (TPSA) is 85.5 Å². The Labute approximate surface area is 98.1 Å². The van der Waals surface area contributed by atoms with Crippen LogP contribution >= 0.6 is 0 Å². The van der Waals surface area contributed by atoms with Gasteiger partial charge in [0, 0.05) is 25.2 Å². The van der Waals surface area contributed by atoms with Crippen LogP contribution in [0.4, 0.5) is 0 Å². The van der Waals surface area contributed by atoms with Crippen molar-refractivity contribution >= 4 is 6.29 Å². The second-order valence-electron chi connectivity index (χ2n) is 5.65. The van der Waals surface area contributed by atoms with E-state index in [2.05, 4.69) is 19.2 Å². The molecule has 0 aliphatic heterocycles. The van der Waals surface area contributed by atoms with Crippen molar-refractivity contribution in [3.05, 3.63) is 0 Å². The van der Waals surface area contributed by atoms with Crippen LogP contribution < -0.4 is 16.8 Å². The fraction of sp³-hybridized carbons (Fsp3) is 0.917. The predicted molar refractivity (Wildman–Crippen MR) is 68.0 cm³/mol. The Kier molecular flexibility index (Phi) is 4.47. The smallest absolute Gasteiger partial charge is 0.282 e. The number of rotatable bonds is 7. The zero-order valence-electron chi connectivity index (χ0n) is 10.5. The van der Waals surface area contributed by atoms with E-state index in [1.165, 1.54) is 6.29 Å². The number of carbonyl (C=O) groups excluding carboxylic acids is 1. The maximum atomic E-state index is 8.92. The quantitative estimate of drug-likeness (QED) is 0.331. The molecule has 1 aliphatic rings. The first-order chi connectivity index (χ1) is 7.46. The van der Waals surface area contributed by atoms with Crippen molar-refractivity contribution in [2.45, 2.75) is 38.6 Å². The van der Waals surface area contributed by atoms with Crippen LogP contribution in [0.2, 0.25) is 0 Å². The highest BCUT2D eigenvalue weighted by atomic mass is 16.1. The van der Waals surface area contributed by atoms with Gasteiger partial charge in [-0.2, -0.15) is 0 Å². The molecule has 1 fully saturated rings. The standard InChI is InChI=1S/C12H25N3O/c1-10(3-6-16)12(9-15-5-4-13)7-11(2,14)8-12/h6,10,15H,3-5,7-9,13-14H2,1-2H3/p+1. The second-order valence-corrected chi connectivity index (χ2v) is 5.65. The molecule has 1 atom stereocenters. The monoisotopic (exact) mass is 228 g/mol. The molecule has 0 aromatic rings. The van der Waals surface area contributed by atoms with Crippen LogP contribution in [0.5, 0.6) is 0 Å². The number of aldehydes is 1. The van der Waals surface area contributed by atoms with E-state index in [0.717, 1.165) is 32.4 Å². The van der Waals surface area contributed by atoms with E-state index in [-0.39, 0.29) is 11.0 Å². The van der Waals surface area contributed by atoms with Crippen molar-refractivity contribution in [2.24, 2.45) is 22.8 Å². The molecule has 4 heteroatoms. The molecule has 16 heavy (non-hydrogen) atoms. The first-order valence-corrected chi connectivity index (χ1v) is 6.11. The fourth-order valence-corrected chi connectivity index (χ4v) is 3.05. The van der Waals surface area contributed by atoms with Gasteiger partial charge >= 0.3 is 0 Å². The maximum absolute atomic E-state index is 8.92. The maximum Gasteiger partial charge on any atom is 0.282 e. The third-order valence-electron chi connectivity index (χ3n) is 3.81. The van der Waals surface area contributed by atoms with Crippen LogP contribution in [-0.4, -0.2) is 36.3 Å². The Morgan fingerprint density at radius 2 is 2.12 bits per heavy atom. The lowest BCUT2D eigenvalue weighted by molar-refractivity contribution is -0.00922. The van der Waals surface area contributed by atoms with Crippen molar-refractivity contribution in [2.75, 3.05) is 19.6 Å². The van der Waals surface area contributed by atoms with Gasteiger partial charge in [0.05, 0.1) is 6.42 Å². The molecule has 1 rings (SSSR count). The Balaban J connectivity index is 2.53. The summed E-state index contributed by atoms with van der Waals surface area (Å²) in [6.07, 6.45) is 4.04. The minimum atomic E-state index is -0.0336. The lowest BCUT2D eigenvalue weighted by Crippen LogP contribution is -2.62. The Morgan fingerprint density at radius 1 is 1.50 bits per heavy atom. The molecule has 0 amide bonds. The third kappa shape index (κ3) is 3.03. The van der Waals surface area contributed by atoms with Crippen LogP contribution in [0.1, 0.15) is 33.1 Å². The van der Waals surface area contributed by atoms with E-state index in [4.69, 9.17) is 16.3 Å². The van der Waals surface area contributed by atoms with Crippen LogP contribution in [0.15, 0.2) is 0 Å². The largest absolute Gasteiger partial charge is 0.329 e. The molecule has 6 N–H and O–H groups in total. The van der Waals surface area contributed by atoms with Crippen molar-refractivity contribution in [1.29, 1.82) is 0 Å². The highest BCUT2D eigenvalue weighted by Gasteiger charge is 2.52. The van der Waals surface area contributed by atoms with Gasteiger partial charge in [-0.15, -0.1) is 0 Å². The SMILES string of the molecule is CC(CC=[OH+])C1(CNCCN)CC(C)(N)C1. The predicted octanol–water partition coefficient (Wildman–Crippen LogP) is 0.233. The van der Waals surface area contributed by atoms with E-state index in [1.54, 1.807) is 0 Å². The molecule has 94 valence electrons. The number of nitrogens with one attached hydrogen (secondary N) is 1. The number of hydrogen-bond acceptors (Lipinski definition) is 3. The molecule has 0 radical (unpaired) electrons. The van der Waals surface area contributed by atoms with Gasteiger partial charge in [-0.05, 0) is 31.1 Å². The summed E-state index contributed by atoms with van der Waals surface area (Å²) < 4.78 is 0. The zero-order valence-corrected chi connectivity index (χ0v) is 10.5. The number of hydrogen-bond donors (Lipinski definition) is 3. The van der Waals surface area contributed by atoms with Gasteiger partial charge < -0.3 is 16.8 Å². The van der Waals surface area contributed by atoms with Crippen LogP contribution in [0.25, 0.3) is 0 Å². The molecule has 0 aromatic carbocycles. The molecule has 1 unspecified atom stereocenters. The molecule has 0 bridgehead atoms. The van der Waals surface area contributed by atoms with Crippen molar-refractivity contribution in [3.63, 3.8) is 0 Å². The van der Waals surface area contributed by atoms with E-state index in [1.807, 2.05) is 0 Å². The number of nitrogens with two attached hydrogens (primary N) is 2. The Bertz CT molecular complexity index is 232. The average molecular weight is 228 g/mol. The molecule has 0 aromatic heterocycles. The first-order valence-electron chi connectivity index (χ1n) is 6.11. The van der Waals surface area contributed by atoms with E-state index >= 15 is 0 Å². The van der Waals surface area contributed by atoms with Gasteiger partial charge in [-0.1, -0.05) is 6.92 Å². The van der Waals surface area contributed by atoms with Crippen molar-refractivity contribution < 1.29 is 4.79 Å². The summed E-state index contributed by atoms with van der Waals surface area (Å²) >= 11 is 0. The van der Waals surface area contributed by atoms with Crippen molar-refractivity contribution in [1.82, 2.24) is 5.32 Å². The summed E-state index contributed by atoms with van der Waals surface area (Å²) in [6, 6.07) is 0. The zero-order chi connectivity index (χ0) is 12.2. The lowest BCUT2D eigenvalue weighted by atomic mass is 9.53. The van der Waals surface area contributed by atoms with Gasteiger partial charge in [0.1, 0.15) is 0 Å². The van der Waals surface area contributed by atoms with E-state index in [9.17, 15) is 0 Å². The van der Waals surface area contributed by atoms with Crippen LogP contribution in [-0.2, 0) is 0 Å². The van der Waals surface area contributed by atoms with Gasteiger partial charge in [-0.25, -0.2) is 0 Å². The molecular weight excluding hydrogens is 202 g/mol.